The Kier molecular flexibility index (Phi) is 3.75. The van der Waals surface area contributed by atoms with E-state index < -0.39 is 23.3 Å². The van der Waals surface area contributed by atoms with Gasteiger partial charge in [0.25, 0.3) is 5.60 Å². The summed E-state index contributed by atoms with van der Waals surface area (Å²) in [6, 6.07) is 2.85. The second-order valence-corrected chi connectivity index (χ2v) is 4.52. The topological polar surface area (TPSA) is 57.5 Å². The molecule has 8 heteroatoms. The van der Waals surface area contributed by atoms with Crippen molar-refractivity contribution in [3.8, 4) is 0 Å². The van der Waals surface area contributed by atoms with E-state index in [1.165, 1.54) is 6.07 Å². The van der Waals surface area contributed by atoms with Crippen molar-refractivity contribution < 1.29 is 28.2 Å². The van der Waals surface area contributed by atoms with Crippen LogP contribution in [0.15, 0.2) is 22.7 Å². The molecule has 0 aliphatic heterocycles. The number of carbonyl (C=O) groups is 1. The SMILES string of the molecule is O=C(O)[C@@](O)(c1cc(Cl)cc(Br)c1)C(F)(F)F. The van der Waals surface area contributed by atoms with Crippen LogP contribution in [-0.2, 0) is 10.4 Å². The third-order valence-corrected chi connectivity index (χ3v) is 2.68. The van der Waals surface area contributed by atoms with Crippen molar-refractivity contribution in [3.05, 3.63) is 33.3 Å². The number of alkyl halides is 3. The molecule has 0 amide bonds. The maximum Gasteiger partial charge on any atom is 0.432 e. The molecular formula is C9H5BrClF3O3. The van der Waals surface area contributed by atoms with E-state index in [1.807, 2.05) is 0 Å². The standard InChI is InChI=1S/C9H5BrClF3O3/c10-5-1-4(2-6(11)3-5)8(17,7(15)16)9(12,13)14/h1-3,17H,(H,15,16)/t8-/m0/s1. The number of halogens is 5. The fraction of sp³-hybridized carbons (Fsp3) is 0.222. The van der Waals surface area contributed by atoms with Gasteiger partial charge in [0.15, 0.2) is 0 Å². The third kappa shape index (κ3) is 2.56. The molecule has 0 spiro atoms. The highest BCUT2D eigenvalue weighted by atomic mass is 79.9. The summed E-state index contributed by atoms with van der Waals surface area (Å²) in [4.78, 5) is 10.7. The van der Waals surface area contributed by atoms with Gasteiger partial charge in [-0.3, -0.25) is 0 Å². The molecule has 1 rings (SSSR count). The molecule has 1 aromatic rings. The molecule has 0 bridgehead atoms. The van der Waals surface area contributed by atoms with Crippen LogP contribution in [0.2, 0.25) is 5.02 Å². The maximum absolute atomic E-state index is 12.6. The molecule has 0 aromatic heterocycles. The number of benzene rings is 1. The van der Waals surface area contributed by atoms with Crippen LogP contribution < -0.4 is 0 Å². The summed E-state index contributed by atoms with van der Waals surface area (Å²) in [5.74, 6) is -2.42. The fourth-order valence-corrected chi connectivity index (χ4v) is 2.03. The van der Waals surface area contributed by atoms with E-state index in [-0.39, 0.29) is 9.50 Å². The zero-order valence-corrected chi connectivity index (χ0v) is 10.3. The van der Waals surface area contributed by atoms with Gasteiger partial charge in [0.2, 0.25) is 0 Å². The van der Waals surface area contributed by atoms with Crippen molar-refractivity contribution in [3.63, 3.8) is 0 Å². The highest BCUT2D eigenvalue weighted by Crippen LogP contribution is 2.40. The molecule has 0 heterocycles. The van der Waals surface area contributed by atoms with Gasteiger partial charge in [-0.05, 0) is 18.2 Å². The number of aliphatic hydroxyl groups is 1. The Balaban J connectivity index is 3.49. The van der Waals surface area contributed by atoms with Gasteiger partial charge >= 0.3 is 12.1 Å². The minimum absolute atomic E-state index is 0.127. The van der Waals surface area contributed by atoms with Gasteiger partial charge in [-0.2, -0.15) is 13.2 Å². The van der Waals surface area contributed by atoms with Gasteiger partial charge in [0.05, 0.1) is 0 Å². The summed E-state index contributed by atoms with van der Waals surface area (Å²) in [6.45, 7) is 0. The lowest BCUT2D eigenvalue weighted by Crippen LogP contribution is -2.49. The summed E-state index contributed by atoms with van der Waals surface area (Å²) in [5, 5.41) is 17.8. The minimum Gasteiger partial charge on any atom is -0.479 e. The van der Waals surface area contributed by atoms with Crippen LogP contribution in [0.25, 0.3) is 0 Å². The molecule has 0 saturated heterocycles. The van der Waals surface area contributed by atoms with Gasteiger partial charge in [-0.25, -0.2) is 4.79 Å². The van der Waals surface area contributed by atoms with E-state index >= 15 is 0 Å². The zero-order valence-electron chi connectivity index (χ0n) is 7.92. The molecule has 0 unspecified atom stereocenters. The molecule has 0 aliphatic rings. The van der Waals surface area contributed by atoms with E-state index in [1.54, 1.807) is 0 Å². The number of aliphatic carboxylic acids is 1. The maximum atomic E-state index is 12.6. The van der Waals surface area contributed by atoms with Crippen LogP contribution in [0.1, 0.15) is 5.56 Å². The van der Waals surface area contributed by atoms with E-state index in [4.69, 9.17) is 16.7 Å². The highest BCUT2D eigenvalue weighted by Gasteiger charge is 2.61. The number of hydrogen-bond donors (Lipinski definition) is 2. The lowest BCUT2D eigenvalue weighted by molar-refractivity contribution is -0.265. The molecule has 2 N–H and O–H groups in total. The summed E-state index contributed by atoms with van der Waals surface area (Å²) in [6.07, 6.45) is -5.36. The first kappa shape index (κ1) is 14.3. The average Bonchev–Trinajstić information content (AvgIpc) is 2.12. The van der Waals surface area contributed by atoms with Gasteiger partial charge in [0, 0.05) is 15.1 Å². The molecule has 1 aromatic carbocycles. The minimum atomic E-state index is -5.36. The lowest BCUT2D eigenvalue weighted by Gasteiger charge is -2.26. The summed E-state index contributed by atoms with van der Waals surface area (Å²) in [7, 11) is 0. The normalized spacial score (nSPS) is 15.4. The van der Waals surface area contributed by atoms with Gasteiger partial charge in [-0.1, -0.05) is 27.5 Å². The summed E-state index contributed by atoms with van der Waals surface area (Å²) in [5.41, 5.74) is -4.85. The molecule has 17 heavy (non-hydrogen) atoms. The molecule has 3 nitrogen and oxygen atoms in total. The Hall–Kier alpha value is -0.790. The molecule has 1 atom stereocenters. The summed E-state index contributed by atoms with van der Waals surface area (Å²) < 4.78 is 38.0. The summed E-state index contributed by atoms with van der Waals surface area (Å²) >= 11 is 8.38. The first-order chi connectivity index (χ1) is 7.59. The van der Waals surface area contributed by atoms with Crippen molar-refractivity contribution >= 4 is 33.5 Å². The second-order valence-electron chi connectivity index (χ2n) is 3.17. The highest BCUT2D eigenvalue weighted by molar-refractivity contribution is 9.10. The smallest absolute Gasteiger partial charge is 0.432 e. The van der Waals surface area contributed by atoms with Crippen molar-refractivity contribution in [2.24, 2.45) is 0 Å². The van der Waals surface area contributed by atoms with Crippen molar-refractivity contribution in [1.29, 1.82) is 0 Å². The van der Waals surface area contributed by atoms with Crippen LogP contribution >= 0.6 is 27.5 Å². The molecule has 94 valence electrons. The van der Waals surface area contributed by atoms with Crippen molar-refractivity contribution in [2.75, 3.05) is 0 Å². The van der Waals surface area contributed by atoms with Crippen LogP contribution in [-0.4, -0.2) is 22.4 Å². The molecule has 0 aliphatic carbocycles. The van der Waals surface area contributed by atoms with Gasteiger partial charge < -0.3 is 10.2 Å². The molecule has 0 saturated carbocycles. The predicted molar refractivity (Wildman–Crippen MR) is 56.7 cm³/mol. The quantitative estimate of drug-likeness (QED) is 0.875. The van der Waals surface area contributed by atoms with Crippen molar-refractivity contribution in [2.45, 2.75) is 11.8 Å². The van der Waals surface area contributed by atoms with Crippen LogP contribution in [0, 0.1) is 0 Å². The van der Waals surface area contributed by atoms with E-state index in [2.05, 4.69) is 15.9 Å². The van der Waals surface area contributed by atoms with Crippen molar-refractivity contribution in [1.82, 2.24) is 0 Å². The van der Waals surface area contributed by atoms with E-state index in [0.29, 0.717) is 0 Å². The van der Waals surface area contributed by atoms with Gasteiger partial charge in [0.1, 0.15) is 0 Å². The predicted octanol–water partition coefficient (Wildman–Crippen LogP) is 2.94. The first-order valence-corrected chi connectivity index (χ1v) is 5.25. The fourth-order valence-electron chi connectivity index (χ4n) is 1.17. The van der Waals surface area contributed by atoms with Crippen LogP contribution in [0.3, 0.4) is 0 Å². The Morgan fingerprint density at radius 1 is 1.29 bits per heavy atom. The van der Waals surface area contributed by atoms with E-state index in [0.717, 1.165) is 12.1 Å². The van der Waals surface area contributed by atoms with Gasteiger partial charge in [-0.15, -0.1) is 0 Å². The molecule has 0 radical (unpaired) electrons. The monoisotopic (exact) mass is 332 g/mol. The Morgan fingerprint density at radius 3 is 2.18 bits per heavy atom. The number of carboxylic acids is 1. The zero-order chi connectivity index (χ0) is 13.4. The Morgan fingerprint density at radius 2 is 1.82 bits per heavy atom. The number of carboxylic acid groups (broad SMARTS) is 1. The molecular weight excluding hydrogens is 328 g/mol. The Bertz CT molecular complexity index is 443. The van der Waals surface area contributed by atoms with Crippen LogP contribution in [0.5, 0.6) is 0 Å². The lowest BCUT2D eigenvalue weighted by atomic mass is 9.93. The number of rotatable bonds is 2. The van der Waals surface area contributed by atoms with E-state index in [9.17, 15) is 23.1 Å². The first-order valence-electron chi connectivity index (χ1n) is 4.08. The molecule has 0 fully saturated rings. The average molecular weight is 333 g/mol. The Labute approximate surface area is 107 Å². The van der Waals surface area contributed by atoms with Crippen LogP contribution in [0.4, 0.5) is 13.2 Å². The second kappa shape index (κ2) is 4.47. The third-order valence-electron chi connectivity index (χ3n) is 2.00. The largest absolute Gasteiger partial charge is 0.479 e. The number of hydrogen-bond acceptors (Lipinski definition) is 2.